The Bertz CT molecular complexity index is 1220. The smallest absolute Gasteiger partial charge is 0.256 e. The SMILES string of the molecule is CCN(CC)c1nc(-c2cc(OC)c(OC)c(OC)c2)ncc1C(=O)NCc1ccc2c(c1)OCO2. The van der Waals surface area contributed by atoms with Crippen molar-refractivity contribution < 1.29 is 28.5 Å². The summed E-state index contributed by atoms with van der Waals surface area (Å²) in [4.78, 5) is 24.5. The molecule has 0 spiro atoms. The van der Waals surface area contributed by atoms with Gasteiger partial charge >= 0.3 is 0 Å². The van der Waals surface area contributed by atoms with E-state index in [1.54, 1.807) is 39.7 Å². The number of aromatic nitrogens is 2. The molecule has 3 aromatic rings. The highest BCUT2D eigenvalue weighted by molar-refractivity contribution is 5.99. The van der Waals surface area contributed by atoms with Gasteiger partial charge < -0.3 is 33.9 Å². The number of rotatable bonds is 10. The molecule has 1 amide bonds. The number of amides is 1. The lowest BCUT2D eigenvalue weighted by molar-refractivity contribution is 0.0950. The molecule has 4 rings (SSSR count). The fraction of sp³-hybridized carbons (Fsp3) is 0.346. The molecule has 1 aliphatic heterocycles. The van der Waals surface area contributed by atoms with Crippen LogP contribution < -0.4 is 33.9 Å². The van der Waals surface area contributed by atoms with E-state index in [4.69, 9.17) is 28.7 Å². The molecule has 10 heteroatoms. The van der Waals surface area contributed by atoms with Crippen LogP contribution in [-0.2, 0) is 6.54 Å². The third-order valence-corrected chi connectivity index (χ3v) is 5.89. The maximum atomic E-state index is 13.2. The van der Waals surface area contributed by atoms with Crippen molar-refractivity contribution in [3.8, 4) is 40.1 Å². The van der Waals surface area contributed by atoms with Crippen molar-refractivity contribution in [2.45, 2.75) is 20.4 Å². The minimum absolute atomic E-state index is 0.202. The summed E-state index contributed by atoms with van der Waals surface area (Å²) in [6, 6.07) is 9.14. The first-order valence-corrected chi connectivity index (χ1v) is 11.6. The van der Waals surface area contributed by atoms with Gasteiger partial charge in [-0.2, -0.15) is 0 Å². The van der Waals surface area contributed by atoms with Gasteiger partial charge in [-0.15, -0.1) is 0 Å². The van der Waals surface area contributed by atoms with Crippen LogP contribution >= 0.6 is 0 Å². The zero-order valence-electron chi connectivity index (χ0n) is 21.1. The maximum Gasteiger partial charge on any atom is 0.256 e. The molecular weight excluding hydrogens is 464 g/mol. The molecule has 10 nitrogen and oxygen atoms in total. The maximum absolute atomic E-state index is 13.2. The highest BCUT2D eigenvalue weighted by Gasteiger charge is 2.22. The predicted octanol–water partition coefficient (Wildman–Crippen LogP) is 3.67. The van der Waals surface area contributed by atoms with E-state index in [9.17, 15) is 4.79 Å². The van der Waals surface area contributed by atoms with Crippen LogP contribution in [0.15, 0.2) is 36.5 Å². The Balaban J connectivity index is 1.65. The molecule has 36 heavy (non-hydrogen) atoms. The lowest BCUT2D eigenvalue weighted by Crippen LogP contribution is -2.30. The topological polar surface area (TPSA) is 104 Å². The Morgan fingerprint density at radius 3 is 2.33 bits per heavy atom. The Kier molecular flexibility index (Phi) is 7.62. The van der Waals surface area contributed by atoms with Crippen molar-refractivity contribution in [3.05, 3.63) is 47.7 Å². The Morgan fingerprint density at radius 1 is 1.00 bits per heavy atom. The van der Waals surface area contributed by atoms with E-state index in [-0.39, 0.29) is 12.7 Å². The average molecular weight is 495 g/mol. The van der Waals surface area contributed by atoms with Gasteiger partial charge in [-0.05, 0) is 43.7 Å². The van der Waals surface area contributed by atoms with Crippen molar-refractivity contribution >= 4 is 11.7 Å². The molecule has 2 aromatic carbocycles. The highest BCUT2D eigenvalue weighted by atomic mass is 16.7. The molecule has 1 aliphatic rings. The highest BCUT2D eigenvalue weighted by Crippen LogP contribution is 2.41. The molecule has 0 saturated heterocycles. The number of methoxy groups -OCH3 is 3. The average Bonchev–Trinajstić information content (AvgIpc) is 3.39. The number of hydrogen-bond donors (Lipinski definition) is 1. The number of ether oxygens (including phenoxy) is 5. The van der Waals surface area contributed by atoms with Crippen LogP contribution in [0.4, 0.5) is 5.82 Å². The molecule has 1 N–H and O–H groups in total. The van der Waals surface area contributed by atoms with E-state index in [0.717, 1.165) is 5.56 Å². The Hall–Kier alpha value is -4.21. The number of nitrogens with one attached hydrogen (secondary N) is 1. The number of fused-ring (bicyclic) bond motifs is 1. The van der Waals surface area contributed by atoms with Crippen LogP contribution in [0.2, 0.25) is 0 Å². The van der Waals surface area contributed by atoms with Crippen LogP contribution in [-0.4, -0.2) is 57.1 Å². The summed E-state index contributed by atoms with van der Waals surface area (Å²) in [6.45, 7) is 5.89. The standard InChI is InChI=1S/C26H30N4O6/c1-6-30(7-2)25-18(26(31)28-13-16-8-9-19-20(10-16)36-15-35-19)14-27-24(29-25)17-11-21(32-3)23(34-5)22(12-17)33-4/h8-12,14H,6-7,13,15H2,1-5H3,(H,28,31). The van der Waals surface area contributed by atoms with E-state index in [0.29, 0.717) is 71.2 Å². The first kappa shape index (κ1) is 24.9. The third-order valence-electron chi connectivity index (χ3n) is 5.89. The Morgan fingerprint density at radius 2 is 1.69 bits per heavy atom. The summed E-state index contributed by atoms with van der Waals surface area (Å²) in [7, 11) is 4.65. The first-order chi connectivity index (χ1) is 17.5. The molecule has 1 aromatic heterocycles. The van der Waals surface area contributed by atoms with Crippen LogP contribution in [0.25, 0.3) is 11.4 Å². The van der Waals surface area contributed by atoms with Gasteiger partial charge in [0.1, 0.15) is 11.4 Å². The van der Waals surface area contributed by atoms with Crippen LogP contribution in [0, 0.1) is 0 Å². The number of carbonyl (C=O) groups is 1. The molecule has 190 valence electrons. The second-order valence-corrected chi connectivity index (χ2v) is 7.89. The van der Waals surface area contributed by atoms with E-state index < -0.39 is 0 Å². The molecule has 0 fully saturated rings. The lowest BCUT2D eigenvalue weighted by atomic mass is 10.1. The third kappa shape index (κ3) is 4.93. The molecule has 0 bridgehead atoms. The fourth-order valence-corrected chi connectivity index (χ4v) is 3.97. The van der Waals surface area contributed by atoms with Gasteiger partial charge in [0.15, 0.2) is 28.8 Å². The first-order valence-electron chi connectivity index (χ1n) is 11.6. The lowest BCUT2D eigenvalue weighted by Gasteiger charge is -2.23. The van der Waals surface area contributed by atoms with Gasteiger partial charge in [0.25, 0.3) is 5.91 Å². The quantitative estimate of drug-likeness (QED) is 0.452. The summed E-state index contributed by atoms with van der Waals surface area (Å²) in [5, 5.41) is 2.96. The predicted molar refractivity (Wildman–Crippen MR) is 134 cm³/mol. The second-order valence-electron chi connectivity index (χ2n) is 7.89. The summed E-state index contributed by atoms with van der Waals surface area (Å²) in [5.74, 6) is 3.53. The summed E-state index contributed by atoms with van der Waals surface area (Å²) >= 11 is 0. The number of carbonyl (C=O) groups excluding carboxylic acids is 1. The number of anilines is 1. The van der Waals surface area contributed by atoms with Gasteiger partial charge in [0.05, 0.1) is 21.3 Å². The van der Waals surface area contributed by atoms with Gasteiger partial charge in [-0.3, -0.25) is 4.79 Å². The van der Waals surface area contributed by atoms with Crippen LogP contribution in [0.1, 0.15) is 29.8 Å². The zero-order valence-corrected chi connectivity index (χ0v) is 21.1. The van der Waals surface area contributed by atoms with Crippen molar-refractivity contribution in [2.75, 3.05) is 46.1 Å². The summed E-state index contributed by atoms with van der Waals surface area (Å²) in [5.41, 5.74) is 1.95. The molecule has 0 radical (unpaired) electrons. The van der Waals surface area contributed by atoms with E-state index in [1.165, 1.54) is 0 Å². The molecule has 0 unspecified atom stereocenters. The molecular formula is C26H30N4O6. The monoisotopic (exact) mass is 494 g/mol. The number of hydrogen-bond acceptors (Lipinski definition) is 9. The minimum Gasteiger partial charge on any atom is -0.493 e. The van der Waals surface area contributed by atoms with Gasteiger partial charge in [0.2, 0.25) is 12.5 Å². The fourth-order valence-electron chi connectivity index (χ4n) is 3.97. The van der Waals surface area contributed by atoms with E-state index in [1.807, 2.05) is 36.9 Å². The normalized spacial score (nSPS) is 11.7. The van der Waals surface area contributed by atoms with Crippen molar-refractivity contribution in [1.29, 1.82) is 0 Å². The van der Waals surface area contributed by atoms with E-state index in [2.05, 4.69) is 10.3 Å². The van der Waals surface area contributed by atoms with Crippen LogP contribution in [0.5, 0.6) is 28.7 Å². The summed E-state index contributed by atoms with van der Waals surface area (Å²) < 4.78 is 27.1. The van der Waals surface area contributed by atoms with Crippen molar-refractivity contribution in [1.82, 2.24) is 15.3 Å². The Labute approximate surface area is 210 Å². The second kappa shape index (κ2) is 11.0. The van der Waals surface area contributed by atoms with E-state index >= 15 is 0 Å². The number of benzene rings is 2. The minimum atomic E-state index is -0.272. The van der Waals surface area contributed by atoms with Crippen molar-refractivity contribution in [3.63, 3.8) is 0 Å². The molecule has 0 saturated carbocycles. The summed E-state index contributed by atoms with van der Waals surface area (Å²) in [6.07, 6.45) is 1.55. The number of nitrogens with zero attached hydrogens (tertiary/aromatic N) is 3. The molecule has 2 heterocycles. The van der Waals surface area contributed by atoms with Gasteiger partial charge in [0, 0.05) is 31.4 Å². The molecule has 0 aliphatic carbocycles. The zero-order chi connectivity index (χ0) is 25.7. The van der Waals surface area contributed by atoms with Gasteiger partial charge in [-0.25, -0.2) is 9.97 Å². The largest absolute Gasteiger partial charge is 0.493 e. The van der Waals surface area contributed by atoms with Gasteiger partial charge in [-0.1, -0.05) is 6.07 Å². The van der Waals surface area contributed by atoms with Crippen molar-refractivity contribution in [2.24, 2.45) is 0 Å². The molecule has 0 atom stereocenters. The van der Waals surface area contributed by atoms with Crippen LogP contribution in [0.3, 0.4) is 0 Å².